The number of hydrogen-bond donors (Lipinski definition) is 1. The lowest BCUT2D eigenvalue weighted by Crippen LogP contribution is -2.41. The molecule has 0 radical (unpaired) electrons. The topological polar surface area (TPSA) is 34.1 Å². The highest BCUT2D eigenvalue weighted by atomic mass is 19.1. The Morgan fingerprint density at radius 2 is 2.12 bits per heavy atom. The first-order chi connectivity index (χ1) is 8.31. The first kappa shape index (κ1) is 11.1. The fourth-order valence-corrected chi connectivity index (χ4v) is 2.88. The third-order valence-corrected chi connectivity index (χ3v) is 3.74. The molecule has 2 unspecified atom stereocenters. The first-order valence-corrected chi connectivity index (χ1v) is 6.28. The Balaban J connectivity index is 1.56. The van der Waals surface area contributed by atoms with Crippen LogP contribution in [0.25, 0.3) is 0 Å². The molecule has 2 aliphatic rings. The molecular weight excluding hydrogens is 219 g/mol. The maximum absolute atomic E-state index is 13.3. The molecule has 3 nitrogen and oxygen atoms in total. The zero-order valence-corrected chi connectivity index (χ0v) is 9.73. The summed E-state index contributed by atoms with van der Waals surface area (Å²) in [7, 11) is 0. The molecule has 17 heavy (non-hydrogen) atoms. The number of hydrogen-bond acceptors (Lipinski definition) is 3. The Hall–Kier alpha value is -1.00. The Morgan fingerprint density at radius 1 is 1.35 bits per heavy atom. The molecule has 0 saturated carbocycles. The van der Waals surface area contributed by atoms with Crippen molar-refractivity contribution in [3.05, 3.63) is 29.8 Å². The lowest BCUT2D eigenvalue weighted by atomic mass is 10.0. The van der Waals surface area contributed by atoms with E-state index in [0.717, 1.165) is 12.8 Å². The largest absolute Gasteiger partial charge is 0.373 e. The second-order valence-electron chi connectivity index (χ2n) is 5.00. The van der Waals surface area contributed by atoms with Crippen molar-refractivity contribution < 1.29 is 9.13 Å². The number of rotatable bonds is 3. The van der Waals surface area contributed by atoms with Gasteiger partial charge in [0.1, 0.15) is 0 Å². The van der Waals surface area contributed by atoms with Crippen molar-refractivity contribution in [2.24, 2.45) is 0 Å². The average molecular weight is 236 g/mol. The van der Waals surface area contributed by atoms with E-state index in [2.05, 4.69) is 10.3 Å². The average Bonchev–Trinajstić information content (AvgIpc) is 2.68. The zero-order chi connectivity index (χ0) is 11.7. The minimum atomic E-state index is -0.413. The maximum atomic E-state index is 13.3. The quantitative estimate of drug-likeness (QED) is 0.815. The highest BCUT2D eigenvalue weighted by molar-refractivity contribution is 5.09. The summed E-state index contributed by atoms with van der Waals surface area (Å²) in [5.41, 5.74) is 0.554. The van der Waals surface area contributed by atoms with Crippen LogP contribution in [0, 0.1) is 5.95 Å². The molecule has 4 heteroatoms. The number of halogens is 1. The second-order valence-corrected chi connectivity index (χ2v) is 5.00. The van der Waals surface area contributed by atoms with Crippen molar-refractivity contribution in [2.75, 3.05) is 0 Å². The number of aromatic nitrogens is 1. The Bertz CT molecular complexity index is 387. The van der Waals surface area contributed by atoms with Crippen LogP contribution in [0.3, 0.4) is 0 Å². The van der Waals surface area contributed by atoms with Gasteiger partial charge in [0.05, 0.1) is 12.7 Å². The van der Waals surface area contributed by atoms with Crippen molar-refractivity contribution in [1.82, 2.24) is 10.3 Å². The van der Waals surface area contributed by atoms with Crippen LogP contribution < -0.4 is 5.32 Å². The van der Waals surface area contributed by atoms with Crippen molar-refractivity contribution in [2.45, 2.75) is 50.5 Å². The van der Waals surface area contributed by atoms with Gasteiger partial charge in [0, 0.05) is 23.8 Å². The second kappa shape index (κ2) is 4.70. The number of nitrogens with one attached hydrogen (secondary N) is 1. The predicted octanol–water partition coefficient (Wildman–Crippen LogP) is 2.02. The summed E-state index contributed by atoms with van der Waals surface area (Å²) in [6.07, 6.45) is 6.35. The molecule has 2 atom stereocenters. The SMILES string of the molecule is Fc1ncccc1COC1CC2CCC(C1)N2. The van der Waals surface area contributed by atoms with Gasteiger partial charge in [0.15, 0.2) is 0 Å². The van der Waals surface area contributed by atoms with Crippen molar-refractivity contribution in [3.8, 4) is 0 Å². The molecule has 3 rings (SSSR count). The highest BCUT2D eigenvalue weighted by Crippen LogP contribution is 2.29. The third-order valence-electron chi connectivity index (χ3n) is 3.74. The van der Waals surface area contributed by atoms with Gasteiger partial charge < -0.3 is 10.1 Å². The number of pyridine rings is 1. The van der Waals surface area contributed by atoms with Gasteiger partial charge in [-0.15, -0.1) is 0 Å². The molecule has 1 aromatic heterocycles. The molecule has 2 bridgehead atoms. The molecule has 0 aromatic carbocycles. The van der Waals surface area contributed by atoms with E-state index in [0.29, 0.717) is 24.3 Å². The molecule has 1 aromatic rings. The van der Waals surface area contributed by atoms with Crippen molar-refractivity contribution in [3.63, 3.8) is 0 Å². The van der Waals surface area contributed by atoms with Crippen LogP contribution in [0.4, 0.5) is 4.39 Å². The fourth-order valence-electron chi connectivity index (χ4n) is 2.88. The number of ether oxygens (including phenoxy) is 1. The number of nitrogens with zero attached hydrogens (tertiary/aromatic N) is 1. The van der Waals surface area contributed by atoms with Gasteiger partial charge in [-0.2, -0.15) is 4.39 Å². The molecule has 0 spiro atoms. The molecule has 0 aliphatic carbocycles. The van der Waals surface area contributed by atoms with E-state index >= 15 is 0 Å². The van der Waals surface area contributed by atoms with Gasteiger partial charge in [-0.1, -0.05) is 6.07 Å². The minimum absolute atomic E-state index is 0.272. The lowest BCUT2D eigenvalue weighted by molar-refractivity contribution is 0.00774. The van der Waals surface area contributed by atoms with Gasteiger partial charge >= 0.3 is 0 Å². The summed E-state index contributed by atoms with van der Waals surface area (Å²) >= 11 is 0. The van der Waals surface area contributed by atoms with Gasteiger partial charge in [0.2, 0.25) is 5.95 Å². The zero-order valence-electron chi connectivity index (χ0n) is 9.73. The molecule has 92 valence electrons. The normalized spacial score (nSPS) is 31.7. The minimum Gasteiger partial charge on any atom is -0.373 e. The maximum Gasteiger partial charge on any atom is 0.218 e. The molecule has 2 saturated heterocycles. The van der Waals surface area contributed by atoms with Crippen LogP contribution in [0.1, 0.15) is 31.2 Å². The fraction of sp³-hybridized carbons (Fsp3) is 0.615. The van der Waals surface area contributed by atoms with Gasteiger partial charge in [-0.3, -0.25) is 0 Å². The summed E-state index contributed by atoms with van der Waals surface area (Å²) in [4.78, 5) is 3.63. The van der Waals surface area contributed by atoms with E-state index in [1.807, 2.05) is 0 Å². The Labute approximate surface area is 100 Å². The van der Waals surface area contributed by atoms with Crippen molar-refractivity contribution >= 4 is 0 Å². The summed E-state index contributed by atoms with van der Waals surface area (Å²) in [5.74, 6) is -0.413. The van der Waals surface area contributed by atoms with E-state index in [4.69, 9.17) is 4.74 Å². The van der Waals surface area contributed by atoms with Gasteiger partial charge in [0.25, 0.3) is 0 Å². The summed E-state index contributed by atoms with van der Waals surface area (Å²) in [6.45, 7) is 0.337. The van der Waals surface area contributed by atoms with Crippen LogP contribution in [-0.4, -0.2) is 23.2 Å². The van der Waals surface area contributed by atoms with Gasteiger partial charge in [-0.05, 0) is 31.7 Å². The first-order valence-electron chi connectivity index (χ1n) is 6.28. The third kappa shape index (κ3) is 2.48. The molecule has 0 amide bonds. The van der Waals surface area contributed by atoms with Crippen LogP contribution in [-0.2, 0) is 11.3 Å². The molecule has 3 heterocycles. The summed E-state index contributed by atoms with van der Waals surface area (Å²) in [5, 5.41) is 3.56. The predicted molar refractivity (Wildman–Crippen MR) is 62.0 cm³/mol. The van der Waals surface area contributed by atoms with Crippen LogP contribution in [0.5, 0.6) is 0 Å². The molecule has 2 fully saturated rings. The molecule has 2 aliphatic heterocycles. The molecular formula is C13H17FN2O. The smallest absolute Gasteiger partial charge is 0.218 e. The Morgan fingerprint density at radius 3 is 2.82 bits per heavy atom. The summed E-state index contributed by atoms with van der Waals surface area (Å²) in [6, 6.07) is 4.70. The van der Waals surface area contributed by atoms with Crippen LogP contribution in [0.15, 0.2) is 18.3 Å². The number of fused-ring (bicyclic) bond motifs is 2. The molecule has 1 N–H and O–H groups in total. The van der Waals surface area contributed by atoms with E-state index in [-0.39, 0.29) is 6.10 Å². The van der Waals surface area contributed by atoms with E-state index in [1.54, 1.807) is 12.1 Å². The monoisotopic (exact) mass is 236 g/mol. The van der Waals surface area contributed by atoms with Crippen LogP contribution in [0.2, 0.25) is 0 Å². The highest BCUT2D eigenvalue weighted by Gasteiger charge is 2.33. The standard InChI is InChI=1S/C13H17FN2O/c14-13-9(2-1-5-15-13)8-17-12-6-10-3-4-11(7-12)16-10/h1-2,5,10-12,16H,3-4,6-8H2. The van der Waals surface area contributed by atoms with Crippen LogP contribution >= 0.6 is 0 Å². The number of piperidine rings is 1. The van der Waals surface area contributed by atoms with E-state index in [1.165, 1.54) is 19.0 Å². The van der Waals surface area contributed by atoms with E-state index in [9.17, 15) is 4.39 Å². The Kier molecular flexibility index (Phi) is 3.07. The van der Waals surface area contributed by atoms with E-state index < -0.39 is 5.95 Å². The van der Waals surface area contributed by atoms with Crippen molar-refractivity contribution in [1.29, 1.82) is 0 Å². The van der Waals surface area contributed by atoms with Gasteiger partial charge in [-0.25, -0.2) is 4.98 Å². The lowest BCUT2D eigenvalue weighted by Gasteiger charge is -2.29. The summed E-state index contributed by atoms with van der Waals surface area (Å²) < 4.78 is 19.1.